The average molecular weight is 429 g/mol. The van der Waals surface area contributed by atoms with E-state index in [2.05, 4.69) is 31.9 Å². The minimum absolute atomic E-state index is 0.0230. The van der Waals surface area contributed by atoms with Crippen LogP contribution in [-0.2, 0) is 19.6 Å². The molecule has 0 saturated carbocycles. The molecule has 1 aromatic rings. The molecular formula is C12H15Br2NO4S. The molecule has 0 fully saturated rings. The maximum absolute atomic E-state index is 12.4. The summed E-state index contributed by atoms with van der Waals surface area (Å²) in [7, 11) is -2.22. The summed E-state index contributed by atoms with van der Waals surface area (Å²) in [5.74, 6) is -0.414. The zero-order valence-electron chi connectivity index (χ0n) is 11.1. The van der Waals surface area contributed by atoms with Gasteiger partial charge in [-0.25, -0.2) is 12.7 Å². The third-order valence-corrected chi connectivity index (χ3v) is 5.86. The van der Waals surface area contributed by atoms with E-state index >= 15 is 0 Å². The molecule has 112 valence electrons. The molecule has 0 aliphatic heterocycles. The first-order chi connectivity index (χ1) is 9.28. The van der Waals surface area contributed by atoms with Gasteiger partial charge < -0.3 is 4.74 Å². The van der Waals surface area contributed by atoms with Crippen LogP contribution in [0.1, 0.15) is 13.3 Å². The van der Waals surface area contributed by atoms with E-state index in [1.165, 1.54) is 13.1 Å². The fourth-order valence-corrected chi connectivity index (χ4v) is 4.08. The van der Waals surface area contributed by atoms with Crippen LogP contribution in [0.25, 0.3) is 0 Å². The molecule has 0 atom stereocenters. The minimum atomic E-state index is -3.65. The first-order valence-corrected chi connectivity index (χ1v) is 8.88. The van der Waals surface area contributed by atoms with Gasteiger partial charge in [0.25, 0.3) is 0 Å². The number of esters is 1. The standard InChI is InChI=1S/C12H15Br2NO4S/c1-3-19-12(16)6-7-15(2)20(17,18)11-8-9(13)4-5-10(11)14/h4-5,8H,3,6-7H2,1-2H3. The number of halogens is 2. The van der Waals surface area contributed by atoms with E-state index in [4.69, 9.17) is 4.74 Å². The third kappa shape index (κ3) is 4.54. The first-order valence-electron chi connectivity index (χ1n) is 5.86. The third-order valence-electron chi connectivity index (χ3n) is 2.52. The van der Waals surface area contributed by atoms with Crippen molar-refractivity contribution in [2.45, 2.75) is 18.2 Å². The van der Waals surface area contributed by atoms with Crippen LogP contribution in [0, 0.1) is 0 Å². The monoisotopic (exact) mass is 427 g/mol. The Bertz CT molecular complexity index is 589. The van der Waals surface area contributed by atoms with Crippen LogP contribution in [-0.4, -0.2) is 38.9 Å². The second-order valence-electron chi connectivity index (χ2n) is 3.96. The predicted molar refractivity (Wildman–Crippen MR) is 82.9 cm³/mol. The van der Waals surface area contributed by atoms with Gasteiger partial charge in [0.05, 0.1) is 17.9 Å². The average Bonchev–Trinajstić information content (AvgIpc) is 2.38. The maximum Gasteiger partial charge on any atom is 0.307 e. The Morgan fingerprint density at radius 3 is 2.60 bits per heavy atom. The van der Waals surface area contributed by atoms with E-state index in [9.17, 15) is 13.2 Å². The topological polar surface area (TPSA) is 63.7 Å². The van der Waals surface area contributed by atoms with E-state index in [1.54, 1.807) is 19.1 Å². The number of hydrogen-bond donors (Lipinski definition) is 0. The van der Waals surface area contributed by atoms with Gasteiger partial charge >= 0.3 is 5.97 Å². The molecule has 0 N–H and O–H groups in total. The van der Waals surface area contributed by atoms with Crippen molar-refractivity contribution in [3.05, 3.63) is 27.1 Å². The van der Waals surface area contributed by atoms with Gasteiger partial charge in [-0.2, -0.15) is 0 Å². The largest absolute Gasteiger partial charge is 0.466 e. The SMILES string of the molecule is CCOC(=O)CCN(C)S(=O)(=O)c1cc(Br)ccc1Br. The van der Waals surface area contributed by atoms with Crippen LogP contribution >= 0.6 is 31.9 Å². The van der Waals surface area contributed by atoms with Gasteiger partial charge in [-0.3, -0.25) is 4.79 Å². The number of carbonyl (C=O) groups excluding carboxylic acids is 1. The number of benzene rings is 1. The number of ether oxygens (including phenoxy) is 1. The molecule has 20 heavy (non-hydrogen) atoms. The van der Waals surface area contributed by atoms with Gasteiger partial charge in [-0.1, -0.05) is 15.9 Å². The van der Waals surface area contributed by atoms with Gasteiger partial charge in [0.1, 0.15) is 0 Å². The molecule has 0 aromatic heterocycles. The molecule has 0 unspecified atom stereocenters. The van der Waals surface area contributed by atoms with Crippen LogP contribution in [0.3, 0.4) is 0 Å². The highest BCUT2D eigenvalue weighted by molar-refractivity contribution is 9.11. The molecule has 0 bridgehead atoms. The van der Waals surface area contributed by atoms with Crippen LogP contribution in [0.4, 0.5) is 0 Å². The summed E-state index contributed by atoms with van der Waals surface area (Å²) in [6.07, 6.45) is 0.0230. The zero-order chi connectivity index (χ0) is 15.3. The van der Waals surface area contributed by atoms with Crippen molar-refractivity contribution in [2.75, 3.05) is 20.2 Å². The van der Waals surface area contributed by atoms with E-state index in [0.717, 1.165) is 4.31 Å². The summed E-state index contributed by atoms with van der Waals surface area (Å²) >= 11 is 6.46. The molecule has 1 rings (SSSR count). The lowest BCUT2D eigenvalue weighted by molar-refractivity contribution is -0.143. The van der Waals surface area contributed by atoms with Crippen LogP contribution < -0.4 is 0 Å². The van der Waals surface area contributed by atoms with Crippen molar-refractivity contribution in [1.29, 1.82) is 0 Å². The maximum atomic E-state index is 12.4. The Balaban J connectivity index is 2.87. The summed E-state index contributed by atoms with van der Waals surface area (Å²) in [6, 6.07) is 4.90. The van der Waals surface area contributed by atoms with Crippen molar-refractivity contribution in [1.82, 2.24) is 4.31 Å². The Hall–Kier alpha value is -0.440. The normalized spacial score (nSPS) is 11.7. The summed E-state index contributed by atoms with van der Waals surface area (Å²) in [4.78, 5) is 11.4. The van der Waals surface area contributed by atoms with Crippen LogP contribution in [0.2, 0.25) is 0 Å². The van der Waals surface area contributed by atoms with E-state index in [0.29, 0.717) is 8.95 Å². The Labute approximate surface area is 135 Å². The van der Waals surface area contributed by atoms with Crippen molar-refractivity contribution in [2.24, 2.45) is 0 Å². The fourth-order valence-electron chi connectivity index (χ4n) is 1.44. The minimum Gasteiger partial charge on any atom is -0.466 e. The Morgan fingerprint density at radius 2 is 2.00 bits per heavy atom. The second-order valence-corrected chi connectivity index (χ2v) is 7.74. The molecule has 0 heterocycles. The molecule has 0 aliphatic rings. The van der Waals surface area contributed by atoms with Crippen molar-refractivity contribution < 1.29 is 17.9 Å². The van der Waals surface area contributed by atoms with Crippen LogP contribution in [0.5, 0.6) is 0 Å². The lowest BCUT2D eigenvalue weighted by atomic mass is 10.4. The van der Waals surface area contributed by atoms with Crippen molar-refractivity contribution >= 4 is 47.9 Å². The van der Waals surface area contributed by atoms with Gasteiger partial charge in [-0.15, -0.1) is 0 Å². The molecule has 0 aliphatic carbocycles. The predicted octanol–water partition coefficient (Wildman–Crippen LogP) is 2.79. The molecule has 0 saturated heterocycles. The summed E-state index contributed by atoms with van der Waals surface area (Å²) in [6.45, 7) is 2.06. The molecule has 8 heteroatoms. The van der Waals surface area contributed by atoms with E-state index < -0.39 is 16.0 Å². The highest BCUT2D eigenvalue weighted by Crippen LogP contribution is 2.27. The number of sulfonamides is 1. The molecule has 1 aromatic carbocycles. The number of rotatable bonds is 6. The lowest BCUT2D eigenvalue weighted by Crippen LogP contribution is -2.29. The van der Waals surface area contributed by atoms with Gasteiger partial charge in [-0.05, 0) is 41.1 Å². The van der Waals surface area contributed by atoms with Crippen molar-refractivity contribution in [3.8, 4) is 0 Å². The number of hydrogen-bond acceptors (Lipinski definition) is 4. The van der Waals surface area contributed by atoms with E-state index in [-0.39, 0.29) is 24.5 Å². The first kappa shape index (κ1) is 17.6. The Kier molecular flexibility index (Phi) is 6.63. The smallest absolute Gasteiger partial charge is 0.307 e. The van der Waals surface area contributed by atoms with Gasteiger partial charge in [0.15, 0.2) is 0 Å². The fraction of sp³-hybridized carbons (Fsp3) is 0.417. The lowest BCUT2D eigenvalue weighted by Gasteiger charge is -2.17. The Morgan fingerprint density at radius 1 is 1.35 bits per heavy atom. The number of nitrogens with zero attached hydrogens (tertiary/aromatic N) is 1. The molecule has 0 radical (unpaired) electrons. The summed E-state index contributed by atoms with van der Waals surface area (Å²) in [5.41, 5.74) is 0. The van der Waals surface area contributed by atoms with Gasteiger partial charge in [0.2, 0.25) is 10.0 Å². The number of carbonyl (C=O) groups is 1. The summed E-state index contributed by atoms with van der Waals surface area (Å²) in [5, 5.41) is 0. The van der Waals surface area contributed by atoms with Crippen molar-refractivity contribution in [3.63, 3.8) is 0 Å². The highest BCUT2D eigenvalue weighted by Gasteiger charge is 2.24. The molecule has 0 amide bonds. The molecule has 5 nitrogen and oxygen atoms in total. The summed E-state index contributed by atoms with van der Waals surface area (Å²) < 4.78 is 31.8. The molecule has 0 spiro atoms. The molecular weight excluding hydrogens is 414 g/mol. The highest BCUT2D eigenvalue weighted by atomic mass is 79.9. The van der Waals surface area contributed by atoms with E-state index in [1.807, 2.05) is 0 Å². The van der Waals surface area contributed by atoms with Gasteiger partial charge in [0, 0.05) is 22.5 Å². The zero-order valence-corrected chi connectivity index (χ0v) is 15.1. The quantitative estimate of drug-likeness (QED) is 0.653. The van der Waals surface area contributed by atoms with Crippen LogP contribution in [0.15, 0.2) is 32.0 Å². The second kappa shape index (κ2) is 7.53.